The maximum atomic E-state index is 12.9. The van der Waals surface area contributed by atoms with Crippen molar-refractivity contribution >= 4 is 33.0 Å². The third-order valence-electron chi connectivity index (χ3n) is 4.83. The number of nitrogens with zero attached hydrogens (tertiary/aromatic N) is 1. The Morgan fingerprint density at radius 1 is 1.15 bits per heavy atom. The molecule has 0 radical (unpaired) electrons. The first-order valence-corrected chi connectivity index (χ1v) is 11.6. The summed E-state index contributed by atoms with van der Waals surface area (Å²) >= 11 is 1.62. The number of thiophene rings is 1. The van der Waals surface area contributed by atoms with E-state index in [0.29, 0.717) is 43.5 Å². The summed E-state index contributed by atoms with van der Waals surface area (Å²) in [6, 6.07) is 8.49. The van der Waals surface area contributed by atoms with E-state index in [2.05, 4.69) is 19.2 Å². The minimum absolute atomic E-state index is 0.0736. The fourth-order valence-electron chi connectivity index (χ4n) is 3.58. The number of sulfonamides is 1. The molecule has 1 fully saturated rings. The molecule has 5 nitrogen and oxygen atoms in total. The van der Waals surface area contributed by atoms with Crippen LogP contribution in [0, 0.1) is 11.8 Å². The number of amides is 1. The molecular weight excluding hydrogens is 380 g/mol. The lowest BCUT2D eigenvalue weighted by Crippen LogP contribution is -2.42. The van der Waals surface area contributed by atoms with Crippen LogP contribution in [0.15, 0.2) is 46.0 Å². The highest BCUT2D eigenvalue weighted by Gasteiger charge is 2.31. The molecular formula is C20H26N2O3S2. The van der Waals surface area contributed by atoms with E-state index in [9.17, 15) is 13.2 Å². The minimum atomic E-state index is -3.49. The topological polar surface area (TPSA) is 66.5 Å². The van der Waals surface area contributed by atoms with Crippen LogP contribution in [0.25, 0.3) is 0 Å². The zero-order valence-corrected chi connectivity index (χ0v) is 17.4. The summed E-state index contributed by atoms with van der Waals surface area (Å²) in [6.45, 7) is 5.31. The number of hydrogen-bond acceptors (Lipinski definition) is 4. The van der Waals surface area contributed by atoms with Crippen LogP contribution in [0.3, 0.4) is 0 Å². The van der Waals surface area contributed by atoms with Gasteiger partial charge in [-0.1, -0.05) is 13.8 Å². The zero-order valence-electron chi connectivity index (χ0n) is 15.7. The first-order chi connectivity index (χ1) is 12.8. The van der Waals surface area contributed by atoms with Crippen molar-refractivity contribution in [3.63, 3.8) is 0 Å². The van der Waals surface area contributed by atoms with E-state index < -0.39 is 10.0 Å². The summed E-state index contributed by atoms with van der Waals surface area (Å²) in [6.07, 6.45) is 2.16. The Balaban J connectivity index is 1.61. The normalized spacial score (nSPS) is 21.1. The number of rotatable bonds is 6. The number of benzene rings is 1. The molecule has 1 amide bonds. The number of carbonyl (C=O) groups excluding carboxylic acids is 1. The highest BCUT2D eigenvalue weighted by Crippen LogP contribution is 2.27. The van der Waals surface area contributed by atoms with Gasteiger partial charge in [0, 0.05) is 25.2 Å². The summed E-state index contributed by atoms with van der Waals surface area (Å²) in [5, 5.41) is 6.87. The lowest BCUT2D eigenvalue weighted by Gasteiger charge is -2.34. The average molecular weight is 407 g/mol. The number of piperidine rings is 1. The molecule has 0 bridgehead atoms. The molecule has 0 saturated carbocycles. The van der Waals surface area contributed by atoms with Crippen LogP contribution >= 0.6 is 11.3 Å². The molecule has 3 rings (SSSR count). The number of aryl methyl sites for hydroxylation is 1. The van der Waals surface area contributed by atoms with Crippen molar-refractivity contribution in [3.8, 4) is 0 Å². The van der Waals surface area contributed by atoms with Crippen LogP contribution in [0.2, 0.25) is 0 Å². The first-order valence-electron chi connectivity index (χ1n) is 9.25. The number of anilines is 1. The lowest BCUT2D eigenvalue weighted by molar-refractivity contribution is -0.116. The fourth-order valence-corrected chi connectivity index (χ4v) is 5.96. The summed E-state index contributed by atoms with van der Waals surface area (Å²) in [5.41, 5.74) is 1.77. The van der Waals surface area contributed by atoms with E-state index in [0.717, 1.165) is 12.0 Å². The Bertz CT molecular complexity index is 851. The quantitative estimate of drug-likeness (QED) is 0.789. The van der Waals surface area contributed by atoms with Gasteiger partial charge in [-0.05, 0) is 71.3 Å². The number of hydrogen-bond donors (Lipinski definition) is 1. The molecule has 2 unspecified atom stereocenters. The monoisotopic (exact) mass is 406 g/mol. The van der Waals surface area contributed by atoms with Gasteiger partial charge in [-0.15, -0.1) is 0 Å². The Morgan fingerprint density at radius 2 is 1.81 bits per heavy atom. The smallest absolute Gasteiger partial charge is 0.243 e. The summed E-state index contributed by atoms with van der Waals surface area (Å²) < 4.78 is 27.4. The van der Waals surface area contributed by atoms with E-state index in [1.165, 1.54) is 0 Å². The molecule has 2 heterocycles. The molecule has 0 aliphatic carbocycles. The molecule has 0 spiro atoms. The van der Waals surface area contributed by atoms with Crippen LogP contribution < -0.4 is 5.32 Å². The largest absolute Gasteiger partial charge is 0.326 e. The predicted octanol–water partition coefficient (Wildman–Crippen LogP) is 3.99. The van der Waals surface area contributed by atoms with Gasteiger partial charge in [-0.2, -0.15) is 15.6 Å². The standard InChI is InChI=1S/C20H26N2O3S2/c1-15-11-16(2)13-22(12-15)27(24,25)19-6-4-18(5-7-19)21-20(23)8-3-17-9-10-26-14-17/h4-7,9-10,14-16H,3,8,11-13H2,1-2H3,(H,21,23). The molecule has 1 N–H and O–H groups in total. The average Bonchev–Trinajstić information content (AvgIpc) is 3.13. The second-order valence-corrected chi connectivity index (χ2v) is 10.2. The van der Waals surface area contributed by atoms with Gasteiger partial charge in [-0.25, -0.2) is 8.42 Å². The number of carbonyl (C=O) groups is 1. The lowest BCUT2D eigenvalue weighted by atomic mass is 9.94. The van der Waals surface area contributed by atoms with E-state index in [4.69, 9.17) is 0 Å². The van der Waals surface area contributed by atoms with Gasteiger partial charge in [0.15, 0.2) is 0 Å². The molecule has 7 heteroatoms. The molecule has 146 valence electrons. The Labute approximate surface area is 165 Å². The van der Waals surface area contributed by atoms with Gasteiger partial charge in [-0.3, -0.25) is 4.79 Å². The van der Waals surface area contributed by atoms with Gasteiger partial charge < -0.3 is 5.32 Å². The highest BCUT2D eigenvalue weighted by atomic mass is 32.2. The third-order valence-corrected chi connectivity index (χ3v) is 7.41. The predicted molar refractivity (Wildman–Crippen MR) is 109 cm³/mol. The second-order valence-electron chi connectivity index (χ2n) is 7.47. The molecule has 1 aromatic heterocycles. The van der Waals surface area contributed by atoms with E-state index in [1.54, 1.807) is 39.9 Å². The Hall–Kier alpha value is -1.70. The molecule has 27 heavy (non-hydrogen) atoms. The van der Waals surface area contributed by atoms with Gasteiger partial charge in [0.1, 0.15) is 0 Å². The SMILES string of the molecule is CC1CC(C)CN(S(=O)(=O)c2ccc(NC(=O)CCc3ccsc3)cc2)C1. The van der Waals surface area contributed by atoms with E-state index >= 15 is 0 Å². The van der Waals surface area contributed by atoms with Crippen molar-refractivity contribution in [2.75, 3.05) is 18.4 Å². The molecule has 1 aliphatic rings. The molecule has 2 atom stereocenters. The van der Waals surface area contributed by atoms with Crippen LogP contribution in [-0.2, 0) is 21.2 Å². The molecule has 2 aromatic rings. The molecule has 1 aliphatic heterocycles. The zero-order chi connectivity index (χ0) is 19.4. The van der Waals surface area contributed by atoms with Crippen LogP contribution in [0.1, 0.15) is 32.3 Å². The number of nitrogens with one attached hydrogen (secondary N) is 1. The highest BCUT2D eigenvalue weighted by molar-refractivity contribution is 7.89. The van der Waals surface area contributed by atoms with Crippen LogP contribution in [-0.4, -0.2) is 31.7 Å². The Kier molecular flexibility index (Phi) is 6.34. The van der Waals surface area contributed by atoms with Gasteiger partial charge >= 0.3 is 0 Å². The van der Waals surface area contributed by atoms with Crippen molar-refractivity contribution in [3.05, 3.63) is 46.7 Å². The van der Waals surface area contributed by atoms with Gasteiger partial charge in [0.25, 0.3) is 0 Å². The van der Waals surface area contributed by atoms with E-state index in [-0.39, 0.29) is 10.8 Å². The first kappa shape index (κ1) is 20.0. The fraction of sp³-hybridized carbons (Fsp3) is 0.450. The van der Waals surface area contributed by atoms with Crippen LogP contribution in [0.4, 0.5) is 5.69 Å². The third kappa shape index (κ3) is 5.18. The second kappa shape index (κ2) is 8.54. The van der Waals surface area contributed by atoms with Crippen molar-refractivity contribution in [2.24, 2.45) is 11.8 Å². The van der Waals surface area contributed by atoms with Crippen molar-refractivity contribution < 1.29 is 13.2 Å². The summed E-state index contributed by atoms with van der Waals surface area (Å²) in [7, 11) is -3.49. The molecule has 1 saturated heterocycles. The van der Waals surface area contributed by atoms with Crippen molar-refractivity contribution in [2.45, 2.75) is 38.0 Å². The van der Waals surface area contributed by atoms with Crippen molar-refractivity contribution in [1.29, 1.82) is 0 Å². The maximum absolute atomic E-state index is 12.9. The van der Waals surface area contributed by atoms with E-state index in [1.807, 2.05) is 16.8 Å². The maximum Gasteiger partial charge on any atom is 0.243 e. The molecule has 1 aromatic carbocycles. The van der Waals surface area contributed by atoms with Gasteiger partial charge in [0.05, 0.1) is 4.90 Å². The summed E-state index contributed by atoms with van der Waals surface area (Å²) in [5.74, 6) is 0.658. The van der Waals surface area contributed by atoms with Gasteiger partial charge in [0.2, 0.25) is 15.9 Å². The minimum Gasteiger partial charge on any atom is -0.326 e. The summed E-state index contributed by atoms with van der Waals surface area (Å²) in [4.78, 5) is 12.4. The van der Waals surface area contributed by atoms with Crippen molar-refractivity contribution in [1.82, 2.24) is 4.31 Å². The van der Waals surface area contributed by atoms with Crippen LogP contribution in [0.5, 0.6) is 0 Å². The Morgan fingerprint density at radius 3 is 2.41 bits per heavy atom.